The van der Waals surface area contributed by atoms with Crippen LogP contribution in [0.15, 0.2) is 6.07 Å². The molecule has 3 aromatic heterocycles. The maximum atomic E-state index is 16.5. The summed E-state index contributed by atoms with van der Waals surface area (Å²) in [5.41, 5.74) is -1.28. The van der Waals surface area contributed by atoms with Crippen LogP contribution in [0.2, 0.25) is 0 Å². The summed E-state index contributed by atoms with van der Waals surface area (Å²) in [7, 11) is 0. The number of fused-ring (bicyclic) bond motifs is 5. The van der Waals surface area contributed by atoms with Crippen LogP contribution in [0.3, 0.4) is 0 Å². The van der Waals surface area contributed by atoms with E-state index < -0.39 is 118 Å². The average Bonchev–Trinajstić information content (AvgIpc) is 3.37. The molecule has 3 fully saturated rings. The van der Waals surface area contributed by atoms with Crippen LogP contribution in [0, 0.1) is 18.2 Å². The Kier molecular flexibility index (Phi) is 6.57. The van der Waals surface area contributed by atoms with Crippen molar-refractivity contribution in [1.82, 2.24) is 25.3 Å². The predicted octanol–water partition coefficient (Wildman–Crippen LogP) is 4.16. The summed E-state index contributed by atoms with van der Waals surface area (Å²) >= 11 is 0. The number of aryl methyl sites for hydroxylation is 1. The average molecular weight is 666 g/mol. The predicted molar refractivity (Wildman–Crippen MR) is 141 cm³/mol. The van der Waals surface area contributed by atoms with Crippen molar-refractivity contribution in [3.63, 3.8) is 0 Å². The van der Waals surface area contributed by atoms with Crippen LogP contribution >= 0.6 is 0 Å². The largest absolute Gasteiger partial charge is 0.462 e. The molecule has 0 amide bonds. The number of rotatable bonds is 5. The third-order valence-corrected chi connectivity index (χ3v) is 9.07. The molecule has 1 saturated carbocycles. The number of alkyl halides is 8. The Morgan fingerprint density at radius 2 is 1.85 bits per heavy atom. The van der Waals surface area contributed by atoms with Gasteiger partial charge < -0.3 is 30.5 Å². The molecule has 4 N–H and O–H groups in total. The third-order valence-electron chi connectivity index (χ3n) is 9.07. The molecule has 0 spiro atoms. The van der Waals surface area contributed by atoms with Crippen LogP contribution in [0.1, 0.15) is 30.5 Å². The minimum Gasteiger partial charge on any atom is -0.462 e. The van der Waals surface area contributed by atoms with Crippen LogP contribution in [0.4, 0.5) is 51.1 Å². The van der Waals surface area contributed by atoms with Crippen molar-refractivity contribution in [3.05, 3.63) is 23.1 Å². The van der Waals surface area contributed by atoms with Gasteiger partial charge in [0.1, 0.15) is 34.8 Å². The fourth-order valence-electron chi connectivity index (χ4n) is 6.73. The Morgan fingerprint density at radius 1 is 1.13 bits per heavy atom. The highest BCUT2D eigenvalue weighted by Crippen LogP contribution is 2.60. The van der Waals surface area contributed by atoms with Gasteiger partial charge in [0, 0.05) is 30.6 Å². The Hall–Kier alpha value is -3.87. The first-order valence-corrected chi connectivity index (χ1v) is 14.1. The number of nitrogens with two attached hydrogens (primary N) is 1. The number of pyridine rings is 2. The molecule has 19 heteroatoms. The van der Waals surface area contributed by atoms with Gasteiger partial charge in [-0.05, 0) is 25.8 Å². The normalized spacial score (nSPS) is 28.1. The molecule has 10 nitrogen and oxygen atoms in total. The number of aromatic nitrogens is 4. The highest BCUT2D eigenvalue weighted by Gasteiger charge is 2.71. The van der Waals surface area contributed by atoms with Crippen LogP contribution in [0.25, 0.3) is 22.2 Å². The first kappa shape index (κ1) is 30.8. The SMILES string of the molecule is Cc1nc(N)cc(-c2nc3c4c(nc(OCC5(CO)CC5(F)F)nc4c2F)N2C[C@H]4CC[C@H](N4)[C@H]2[C@H](C(F)(F)F)O3)c1C(F)(F)F. The summed E-state index contributed by atoms with van der Waals surface area (Å²) in [5.74, 6) is -6.51. The molecule has 0 aromatic carbocycles. The summed E-state index contributed by atoms with van der Waals surface area (Å²) < 4.78 is 142. The van der Waals surface area contributed by atoms with Gasteiger partial charge in [-0.15, -0.1) is 0 Å². The van der Waals surface area contributed by atoms with E-state index in [0.717, 1.165) is 6.92 Å². The lowest BCUT2D eigenvalue weighted by atomic mass is 9.98. The van der Waals surface area contributed by atoms with Crippen molar-refractivity contribution in [2.24, 2.45) is 5.41 Å². The van der Waals surface area contributed by atoms with Gasteiger partial charge in [-0.1, -0.05) is 0 Å². The van der Waals surface area contributed by atoms with Gasteiger partial charge in [0.05, 0.1) is 29.3 Å². The van der Waals surface area contributed by atoms with Crippen molar-refractivity contribution in [2.75, 3.05) is 30.4 Å². The molecule has 248 valence electrons. The number of nitrogens with zero attached hydrogens (tertiary/aromatic N) is 5. The number of piperazine rings is 1. The van der Waals surface area contributed by atoms with E-state index in [1.807, 2.05) is 0 Å². The Balaban J connectivity index is 1.49. The summed E-state index contributed by atoms with van der Waals surface area (Å²) in [4.78, 5) is 16.8. The maximum Gasteiger partial charge on any atom is 0.427 e. The first-order valence-electron chi connectivity index (χ1n) is 14.1. The van der Waals surface area contributed by atoms with E-state index in [4.69, 9.17) is 15.2 Å². The van der Waals surface area contributed by atoms with Crippen molar-refractivity contribution >= 4 is 22.5 Å². The van der Waals surface area contributed by atoms with Gasteiger partial charge in [0.2, 0.25) is 12.0 Å². The van der Waals surface area contributed by atoms with Gasteiger partial charge in [0.25, 0.3) is 5.92 Å². The lowest BCUT2D eigenvalue weighted by molar-refractivity contribution is -0.203. The molecule has 1 aliphatic carbocycles. The molecule has 3 aromatic rings. The van der Waals surface area contributed by atoms with Crippen molar-refractivity contribution in [2.45, 2.75) is 68.7 Å². The molecule has 5 atom stereocenters. The number of anilines is 2. The first-order chi connectivity index (χ1) is 21.4. The molecular formula is C27H24F9N7O3. The van der Waals surface area contributed by atoms with Gasteiger partial charge in [-0.2, -0.15) is 36.3 Å². The second-order valence-electron chi connectivity index (χ2n) is 12.1. The van der Waals surface area contributed by atoms with E-state index in [-0.39, 0.29) is 18.4 Å². The topological polar surface area (TPSA) is 132 Å². The quantitative estimate of drug-likeness (QED) is 0.342. The third kappa shape index (κ3) is 4.64. The highest BCUT2D eigenvalue weighted by molar-refractivity contribution is 5.97. The van der Waals surface area contributed by atoms with Crippen molar-refractivity contribution in [3.8, 4) is 23.1 Å². The van der Waals surface area contributed by atoms with E-state index in [1.54, 1.807) is 0 Å². The van der Waals surface area contributed by atoms with Crippen molar-refractivity contribution in [1.29, 1.82) is 0 Å². The monoisotopic (exact) mass is 665 g/mol. The van der Waals surface area contributed by atoms with E-state index >= 15 is 4.39 Å². The number of ether oxygens (including phenoxy) is 2. The lowest BCUT2D eigenvalue weighted by Crippen LogP contribution is -2.66. The summed E-state index contributed by atoms with van der Waals surface area (Å²) in [5, 5.41) is 12.2. The van der Waals surface area contributed by atoms with Gasteiger partial charge >= 0.3 is 18.4 Å². The number of aliphatic hydroxyl groups excluding tert-OH is 1. The molecular weight excluding hydrogens is 641 g/mol. The number of aliphatic hydroxyl groups is 1. The minimum atomic E-state index is -5.13. The van der Waals surface area contributed by atoms with Gasteiger partial charge in [-0.25, -0.2) is 23.1 Å². The highest BCUT2D eigenvalue weighted by atomic mass is 19.4. The molecule has 4 aliphatic rings. The second-order valence-corrected chi connectivity index (χ2v) is 12.1. The van der Waals surface area contributed by atoms with Crippen LogP contribution in [-0.4, -0.2) is 81.1 Å². The molecule has 7 rings (SSSR count). The number of hydrogen-bond donors (Lipinski definition) is 3. The van der Waals surface area contributed by atoms with Crippen molar-refractivity contribution < 1.29 is 54.1 Å². The Labute approximate surface area is 253 Å². The zero-order valence-corrected chi connectivity index (χ0v) is 23.6. The number of hydrogen-bond acceptors (Lipinski definition) is 10. The minimum absolute atomic E-state index is 0.0670. The zero-order valence-electron chi connectivity index (χ0n) is 23.6. The zero-order chi connectivity index (χ0) is 33.1. The lowest BCUT2D eigenvalue weighted by Gasteiger charge is -2.43. The van der Waals surface area contributed by atoms with Gasteiger partial charge in [0.15, 0.2) is 5.82 Å². The van der Waals surface area contributed by atoms with E-state index in [9.17, 15) is 40.2 Å². The Bertz CT molecular complexity index is 1750. The van der Waals surface area contributed by atoms with E-state index in [1.165, 1.54) is 4.90 Å². The summed E-state index contributed by atoms with van der Waals surface area (Å²) in [6.45, 7) is -0.934. The molecule has 3 aliphatic heterocycles. The summed E-state index contributed by atoms with van der Waals surface area (Å²) in [6.07, 6.45) is -12.7. The van der Waals surface area contributed by atoms with Gasteiger partial charge in [-0.3, -0.25) is 0 Å². The molecule has 6 heterocycles. The van der Waals surface area contributed by atoms with Crippen LogP contribution in [0.5, 0.6) is 11.9 Å². The molecule has 0 radical (unpaired) electrons. The molecule has 1 unspecified atom stereocenters. The molecule has 2 bridgehead atoms. The van der Waals surface area contributed by atoms with E-state index in [0.29, 0.717) is 18.9 Å². The smallest absolute Gasteiger partial charge is 0.427 e. The number of halogens is 9. The molecule has 46 heavy (non-hydrogen) atoms. The maximum absolute atomic E-state index is 16.5. The number of nitrogen functional groups attached to an aromatic ring is 1. The summed E-state index contributed by atoms with van der Waals surface area (Å²) in [6, 6.07) is -2.67. The van der Waals surface area contributed by atoms with Crippen LogP contribution < -0.4 is 25.4 Å². The standard InChI is InChI=1S/C27H24F9N7O3/c1-9-15(26(31,32)33)11(4-13(37)38-9)17-16(28)18-14-21(42-23(41-18)45-8-24(7-44)6-25(24,29)30)43-5-10-2-3-12(39-10)19(43)20(27(34,35)36)46-22(14)40-17/h4,10,12,19-20,39,44H,2-3,5-8H2,1H3,(H2,37,38)/t10-,12+,19+,20-,24?/m1/s1. The van der Waals surface area contributed by atoms with Crippen LogP contribution in [-0.2, 0) is 6.18 Å². The fraction of sp³-hybridized carbons (Fsp3) is 0.556. The Morgan fingerprint density at radius 3 is 2.48 bits per heavy atom. The molecule has 2 saturated heterocycles. The second kappa shape index (κ2) is 9.82. The fourth-order valence-corrected chi connectivity index (χ4v) is 6.73. The number of nitrogens with one attached hydrogen (secondary N) is 1. The van der Waals surface area contributed by atoms with E-state index in [2.05, 4.69) is 25.3 Å².